The summed E-state index contributed by atoms with van der Waals surface area (Å²) in [4.78, 5) is 4.80. The molecule has 0 spiro atoms. The van der Waals surface area contributed by atoms with E-state index in [2.05, 4.69) is 36.6 Å². The molecule has 0 saturated carbocycles. The fourth-order valence-electron chi connectivity index (χ4n) is 1.69. The van der Waals surface area contributed by atoms with Gasteiger partial charge in [0.15, 0.2) is 0 Å². The first-order valence-corrected chi connectivity index (χ1v) is 6.10. The topological polar surface area (TPSA) is 30.3 Å². The molecule has 15 heavy (non-hydrogen) atoms. The summed E-state index contributed by atoms with van der Waals surface area (Å²) in [7, 11) is 0. The minimum Gasteiger partial charge on any atom is -0.304 e. The summed E-state index contributed by atoms with van der Waals surface area (Å²) in [6.45, 7) is 13.1. The maximum atomic E-state index is 8.52. The second kappa shape index (κ2) is 9.95. The van der Waals surface area contributed by atoms with Crippen LogP contribution in [0, 0.1) is 11.3 Å². The van der Waals surface area contributed by atoms with Crippen LogP contribution in [0.3, 0.4) is 0 Å². The van der Waals surface area contributed by atoms with Gasteiger partial charge >= 0.3 is 0 Å². The lowest BCUT2D eigenvalue weighted by atomic mass is 10.3. The molecule has 0 aliphatic carbocycles. The standard InChI is InChI=1S/C12H25N3/c1-4-14(5-2)11-8-12-15(6-3)10-7-9-13/h4-8,10-12H2,1-3H3. The molecule has 0 rings (SSSR count). The first-order valence-electron chi connectivity index (χ1n) is 6.10. The third kappa shape index (κ3) is 7.35. The zero-order valence-electron chi connectivity index (χ0n) is 10.5. The van der Waals surface area contributed by atoms with Gasteiger partial charge in [-0.3, -0.25) is 0 Å². The molecule has 0 aromatic rings. The van der Waals surface area contributed by atoms with E-state index in [0.29, 0.717) is 6.42 Å². The summed E-state index contributed by atoms with van der Waals surface area (Å²) in [5.41, 5.74) is 0. The second-order valence-corrected chi connectivity index (χ2v) is 3.72. The average molecular weight is 211 g/mol. The molecule has 0 N–H and O–H groups in total. The Labute approximate surface area is 94.7 Å². The summed E-state index contributed by atoms with van der Waals surface area (Å²) in [6.07, 6.45) is 1.86. The lowest BCUT2D eigenvalue weighted by molar-refractivity contribution is 0.246. The number of rotatable bonds is 9. The van der Waals surface area contributed by atoms with E-state index in [-0.39, 0.29) is 0 Å². The average Bonchev–Trinajstić information content (AvgIpc) is 2.28. The Morgan fingerprint density at radius 3 is 1.87 bits per heavy atom. The van der Waals surface area contributed by atoms with Gasteiger partial charge < -0.3 is 9.80 Å². The molecule has 0 fully saturated rings. The SMILES string of the molecule is CCN(CC)CCCN(CC)CCC#N. The van der Waals surface area contributed by atoms with Crippen molar-refractivity contribution in [1.29, 1.82) is 5.26 Å². The number of nitrogens with zero attached hydrogens (tertiary/aromatic N) is 3. The van der Waals surface area contributed by atoms with Crippen LogP contribution in [-0.4, -0.2) is 49.1 Å². The summed E-state index contributed by atoms with van der Waals surface area (Å²) >= 11 is 0. The molecule has 0 saturated heterocycles. The largest absolute Gasteiger partial charge is 0.304 e. The third-order valence-electron chi connectivity index (χ3n) is 2.83. The van der Waals surface area contributed by atoms with Gasteiger partial charge in [0.1, 0.15) is 0 Å². The van der Waals surface area contributed by atoms with E-state index >= 15 is 0 Å². The minimum absolute atomic E-state index is 0.652. The molecule has 0 unspecified atom stereocenters. The highest BCUT2D eigenvalue weighted by Crippen LogP contribution is 1.96. The summed E-state index contributed by atoms with van der Waals surface area (Å²) in [5.74, 6) is 0. The molecule has 0 aromatic carbocycles. The molecule has 3 heteroatoms. The van der Waals surface area contributed by atoms with Gasteiger partial charge in [-0.05, 0) is 39.1 Å². The molecule has 3 nitrogen and oxygen atoms in total. The summed E-state index contributed by atoms with van der Waals surface area (Å²) < 4.78 is 0. The van der Waals surface area contributed by atoms with Crippen LogP contribution in [0.25, 0.3) is 0 Å². The highest BCUT2D eigenvalue weighted by atomic mass is 15.1. The molecular weight excluding hydrogens is 186 g/mol. The zero-order valence-corrected chi connectivity index (χ0v) is 10.5. The van der Waals surface area contributed by atoms with Gasteiger partial charge in [-0.15, -0.1) is 0 Å². The van der Waals surface area contributed by atoms with E-state index in [1.54, 1.807) is 0 Å². The van der Waals surface area contributed by atoms with Crippen molar-refractivity contribution in [2.24, 2.45) is 0 Å². The van der Waals surface area contributed by atoms with Crippen molar-refractivity contribution in [3.8, 4) is 6.07 Å². The first-order chi connectivity index (χ1) is 7.28. The van der Waals surface area contributed by atoms with E-state index < -0.39 is 0 Å². The van der Waals surface area contributed by atoms with E-state index in [9.17, 15) is 0 Å². The Kier molecular flexibility index (Phi) is 9.55. The van der Waals surface area contributed by atoms with E-state index in [4.69, 9.17) is 5.26 Å². The molecule has 0 aromatic heterocycles. The highest BCUT2D eigenvalue weighted by molar-refractivity contribution is 4.72. The Morgan fingerprint density at radius 2 is 1.40 bits per heavy atom. The predicted molar refractivity (Wildman–Crippen MR) is 64.7 cm³/mol. The van der Waals surface area contributed by atoms with Crippen LogP contribution >= 0.6 is 0 Å². The van der Waals surface area contributed by atoms with Crippen LogP contribution in [-0.2, 0) is 0 Å². The van der Waals surface area contributed by atoms with E-state index in [1.807, 2.05) is 0 Å². The quantitative estimate of drug-likeness (QED) is 0.584. The van der Waals surface area contributed by atoms with E-state index in [0.717, 1.165) is 32.7 Å². The van der Waals surface area contributed by atoms with Crippen LogP contribution in [0.2, 0.25) is 0 Å². The second-order valence-electron chi connectivity index (χ2n) is 3.72. The lowest BCUT2D eigenvalue weighted by Gasteiger charge is -2.22. The van der Waals surface area contributed by atoms with Crippen LogP contribution in [0.1, 0.15) is 33.6 Å². The Balaban J connectivity index is 3.57. The Morgan fingerprint density at radius 1 is 0.867 bits per heavy atom. The van der Waals surface area contributed by atoms with Crippen molar-refractivity contribution >= 4 is 0 Å². The summed E-state index contributed by atoms with van der Waals surface area (Å²) in [6, 6.07) is 2.20. The molecular formula is C12H25N3. The van der Waals surface area contributed by atoms with Crippen LogP contribution in [0.5, 0.6) is 0 Å². The highest BCUT2D eigenvalue weighted by Gasteiger charge is 2.03. The molecule has 88 valence electrons. The molecule has 0 bridgehead atoms. The van der Waals surface area contributed by atoms with Crippen molar-refractivity contribution in [1.82, 2.24) is 9.80 Å². The fourth-order valence-corrected chi connectivity index (χ4v) is 1.69. The van der Waals surface area contributed by atoms with Crippen LogP contribution < -0.4 is 0 Å². The normalized spacial score (nSPS) is 10.9. The van der Waals surface area contributed by atoms with Crippen molar-refractivity contribution in [2.45, 2.75) is 33.6 Å². The predicted octanol–water partition coefficient (Wildman–Crippen LogP) is 1.95. The monoisotopic (exact) mass is 211 g/mol. The maximum absolute atomic E-state index is 8.52. The lowest BCUT2D eigenvalue weighted by Crippen LogP contribution is -2.30. The van der Waals surface area contributed by atoms with Crippen LogP contribution in [0.15, 0.2) is 0 Å². The van der Waals surface area contributed by atoms with Gasteiger partial charge in [0.25, 0.3) is 0 Å². The van der Waals surface area contributed by atoms with Gasteiger partial charge in [0.2, 0.25) is 0 Å². The Hall–Kier alpha value is -0.590. The smallest absolute Gasteiger partial charge is 0.0635 e. The van der Waals surface area contributed by atoms with Gasteiger partial charge in [-0.25, -0.2) is 0 Å². The summed E-state index contributed by atoms with van der Waals surface area (Å²) in [5, 5.41) is 8.52. The van der Waals surface area contributed by atoms with Gasteiger partial charge in [0, 0.05) is 13.0 Å². The minimum atomic E-state index is 0.652. The van der Waals surface area contributed by atoms with E-state index in [1.165, 1.54) is 13.0 Å². The van der Waals surface area contributed by atoms with Crippen molar-refractivity contribution < 1.29 is 0 Å². The molecule has 0 heterocycles. The number of hydrogen-bond acceptors (Lipinski definition) is 3. The van der Waals surface area contributed by atoms with Crippen molar-refractivity contribution in [3.05, 3.63) is 0 Å². The number of nitriles is 1. The Bertz CT molecular complexity index is 170. The number of hydrogen-bond donors (Lipinski definition) is 0. The molecule has 0 amide bonds. The zero-order chi connectivity index (χ0) is 11.5. The molecule has 0 aliphatic heterocycles. The van der Waals surface area contributed by atoms with Crippen molar-refractivity contribution in [3.63, 3.8) is 0 Å². The molecule has 0 radical (unpaired) electrons. The molecule has 0 atom stereocenters. The molecule has 0 aliphatic rings. The fraction of sp³-hybridized carbons (Fsp3) is 0.917. The maximum Gasteiger partial charge on any atom is 0.0635 e. The van der Waals surface area contributed by atoms with Gasteiger partial charge in [0.05, 0.1) is 6.07 Å². The first kappa shape index (κ1) is 14.4. The van der Waals surface area contributed by atoms with Crippen molar-refractivity contribution in [2.75, 3.05) is 39.3 Å². The van der Waals surface area contributed by atoms with Gasteiger partial charge in [-0.2, -0.15) is 5.26 Å². The van der Waals surface area contributed by atoms with Crippen LogP contribution in [0.4, 0.5) is 0 Å². The van der Waals surface area contributed by atoms with Gasteiger partial charge in [-0.1, -0.05) is 20.8 Å². The third-order valence-corrected chi connectivity index (χ3v) is 2.83.